The Morgan fingerprint density at radius 3 is 2.62 bits per heavy atom. The second-order valence-electron chi connectivity index (χ2n) is 8.40. The van der Waals surface area contributed by atoms with Gasteiger partial charge < -0.3 is 21.3 Å². The van der Waals surface area contributed by atoms with E-state index in [-0.39, 0.29) is 11.8 Å². The number of hydrogen-bond donors (Lipinski definition) is 4. The van der Waals surface area contributed by atoms with Gasteiger partial charge in [-0.25, -0.2) is 9.59 Å². The molecule has 0 spiro atoms. The van der Waals surface area contributed by atoms with Crippen LogP contribution >= 0.6 is 11.6 Å². The molecule has 32 heavy (non-hydrogen) atoms. The van der Waals surface area contributed by atoms with Crippen molar-refractivity contribution in [2.75, 3.05) is 31.5 Å². The molecule has 1 saturated carbocycles. The second kappa shape index (κ2) is 10.4. The average molecular weight is 460 g/mol. The largest absolute Gasteiger partial charge is 0.354 e. The monoisotopic (exact) mass is 459 g/mol. The maximum atomic E-state index is 12.6. The van der Waals surface area contributed by atoms with Crippen molar-refractivity contribution >= 4 is 23.4 Å². The predicted octanol–water partition coefficient (Wildman–Crippen LogP) is 1.68. The Morgan fingerprint density at radius 1 is 1.19 bits per heavy atom. The summed E-state index contributed by atoms with van der Waals surface area (Å²) >= 11 is 6.50. The lowest BCUT2D eigenvalue weighted by Crippen LogP contribution is -2.48. The van der Waals surface area contributed by atoms with E-state index in [1.807, 2.05) is 12.1 Å². The highest BCUT2D eigenvalue weighted by Crippen LogP contribution is 2.22. The van der Waals surface area contributed by atoms with Crippen LogP contribution in [0.3, 0.4) is 0 Å². The van der Waals surface area contributed by atoms with E-state index in [9.17, 15) is 9.59 Å². The average Bonchev–Trinajstić information content (AvgIpc) is 2.80. The molecule has 0 bridgehead atoms. The lowest BCUT2D eigenvalue weighted by atomic mass is 9.92. The van der Waals surface area contributed by atoms with Crippen LogP contribution in [-0.4, -0.2) is 58.7 Å². The van der Waals surface area contributed by atoms with Gasteiger partial charge in [-0.05, 0) is 49.4 Å². The predicted molar refractivity (Wildman–Crippen MR) is 125 cm³/mol. The van der Waals surface area contributed by atoms with Crippen molar-refractivity contribution in [3.05, 3.63) is 51.5 Å². The number of rotatable bonds is 5. The first kappa shape index (κ1) is 22.7. The molecule has 4 rings (SSSR count). The fraction of sp³-hybridized carbons (Fsp3) is 0.500. The number of anilines is 1. The van der Waals surface area contributed by atoms with Gasteiger partial charge in [0.2, 0.25) is 0 Å². The van der Waals surface area contributed by atoms with Gasteiger partial charge in [0.1, 0.15) is 5.82 Å². The van der Waals surface area contributed by atoms with Gasteiger partial charge in [0, 0.05) is 56.0 Å². The smallest absolute Gasteiger partial charge is 0.328 e. The molecule has 0 atom stereocenters. The molecule has 1 aromatic carbocycles. The molecule has 1 saturated heterocycles. The molecular formula is C22H30ClN7O2. The number of carbonyl (C=O) groups is 1. The van der Waals surface area contributed by atoms with Gasteiger partial charge in [0.05, 0.1) is 5.69 Å². The number of amides is 2. The normalized spacial score (nSPS) is 21.4. The molecule has 9 nitrogen and oxygen atoms in total. The van der Waals surface area contributed by atoms with Crippen LogP contribution < -0.4 is 27.4 Å². The Hall–Kier alpha value is -2.46. The lowest BCUT2D eigenvalue weighted by molar-refractivity contribution is 0.204. The zero-order chi connectivity index (χ0) is 22.5. The van der Waals surface area contributed by atoms with Gasteiger partial charge >= 0.3 is 11.7 Å². The highest BCUT2D eigenvalue weighted by molar-refractivity contribution is 6.31. The molecule has 1 aliphatic heterocycles. The van der Waals surface area contributed by atoms with E-state index >= 15 is 0 Å². The number of benzene rings is 1. The number of aromatic nitrogens is 2. The van der Waals surface area contributed by atoms with Crippen molar-refractivity contribution in [1.82, 2.24) is 25.1 Å². The molecule has 0 radical (unpaired) electrons. The maximum absolute atomic E-state index is 12.6. The zero-order valence-corrected chi connectivity index (χ0v) is 18.8. The molecule has 2 heterocycles. The minimum atomic E-state index is -0.483. The van der Waals surface area contributed by atoms with Gasteiger partial charge in [-0.1, -0.05) is 17.7 Å². The quantitative estimate of drug-likeness (QED) is 0.540. The number of nitrogens with two attached hydrogens (primary N) is 1. The summed E-state index contributed by atoms with van der Waals surface area (Å²) in [5, 5.41) is 10.0. The van der Waals surface area contributed by atoms with E-state index in [2.05, 4.69) is 20.9 Å². The van der Waals surface area contributed by atoms with Crippen LogP contribution in [0.15, 0.2) is 35.3 Å². The van der Waals surface area contributed by atoms with Crippen molar-refractivity contribution in [2.45, 2.75) is 44.3 Å². The van der Waals surface area contributed by atoms with Gasteiger partial charge in [-0.15, -0.1) is 0 Å². The van der Waals surface area contributed by atoms with Crippen molar-refractivity contribution in [2.24, 2.45) is 5.73 Å². The molecule has 0 unspecified atom stereocenters. The first-order valence-electron chi connectivity index (χ1n) is 11.1. The molecule has 2 fully saturated rings. The van der Waals surface area contributed by atoms with Crippen LogP contribution in [0.5, 0.6) is 0 Å². The summed E-state index contributed by atoms with van der Waals surface area (Å²) in [5.41, 5.74) is 7.09. The molecule has 2 amide bonds. The molecule has 2 aliphatic rings. The Morgan fingerprint density at radius 2 is 1.94 bits per heavy atom. The van der Waals surface area contributed by atoms with Crippen molar-refractivity contribution < 1.29 is 4.79 Å². The third kappa shape index (κ3) is 5.66. The van der Waals surface area contributed by atoms with Crippen molar-refractivity contribution in [1.29, 1.82) is 0 Å². The first-order valence-corrected chi connectivity index (χ1v) is 11.5. The van der Waals surface area contributed by atoms with Gasteiger partial charge in [0.25, 0.3) is 0 Å². The fourth-order valence-electron chi connectivity index (χ4n) is 4.13. The SMILES string of the molecule is NC1CCC(NCc2ccc(-n3ccc(NC(=O)N4CCNCC4)nc3=O)cc2Cl)CC1. The third-order valence-electron chi connectivity index (χ3n) is 6.11. The summed E-state index contributed by atoms with van der Waals surface area (Å²) in [6.07, 6.45) is 5.85. The van der Waals surface area contributed by atoms with E-state index in [1.165, 1.54) is 4.57 Å². The van der Waals surface area contributed by atoms with Crippen LogP contribution in [0.2, 0.25) is 5.02 Å². The van der Waals surface area contributed by atoms with E-state index in [1.54, 1.807) is 23.2 Å². The standard InChI is InChI=1S/C22H30ClN7O2/c23-19-13-18(6-1-15(19)14-26-17-4-2-16(24)3-5-17)30-10-7-20(28-22(30)32)27-21(31)29-11-8-25-9-12-29/h1,6-7,10,13,16-17,25-26H,2-5,8-9,11-12,14,24H2,(H,27,28,31,32). The molecule has 10 heteroatoms. The Balaban J connectivity index is 1.39. The van der Waals surface area contributed by atoms with Crippen LogP contribution in [0.4, 0.5) is 10.6 Å². The number of hydrogen-bond acceptors (Lipinski definition) is 6. The van der Waals surface area contributed by atoms with Gasteiger partial charge in [-0.2, -0.15) is 4.98 Å². The molecule has 1 aliphatic carbocycles. The van der Waals surface area contributed by atoms with E-state index in [4.69, 9.17) is 17.3 Å². The van der Waals surface area contributed by atoms with Crippen molar-refractivity contribution in [3.63, 3.8) is 0 Å². The number of nitrogens with one attached hydrogen (secondary N) is 3. The highest BCUT2D eigenvalue weighted by atomic mass is 35.5. The topological polar surface area (TPSA) is 117 Å². The van der Waals surface area contributed by atoms with Crippen LogP contribution in [-0.2, 0) is 6.54 Å². The summed E-state index contributed by atoms with van der Waals surface area (Å²) in [7, 11) is 0. The molecule has 1 aromatic heterocycles. The lowest BCUT2D eigenvalue weighted by Gasteiger charge is -2.27. The Labute approximate surface area is 192 Å². The number of urea groups is 1. The van der Waals surface area contributed by atoms with E-state index in [0.29, 0.717) is 42.4 Å². The minimum Gasteiger partial charge on any atom is -0.328 e. The molecular weight excluding hydrogens is 430 g/mol. The van der Waals surface area contributed by atoms with E-state index in [0.717, 1.165) is 44.3 Å². The number of nitrogens with zero attached hydrogens (tertiary/aromatic N) is 3. The van der Waals surface area contributed by atoms with Crippen LogP contribution in [0.25, 0.3) is 5.69 Å². The van der Waals surface area contributed by atoms with Crippen molar-refractivity contribution in [3.8, 4) is 5.69 Å². The maximum Gasteiger partial charge on any atom is 0.354 e. The van der Waals surface area contributed by atoms with Gasteiger partial charge in [0.15, 0.2) is 0 Å². The molecule has 5 N–H and O–H groups in total. The summed E-state index contributed by atoms with van der Waals surface area (Å²) in [6.45, 7) is 3.42. The third-order valence-corrected chi connectivity index (χ3v) is 6.46. The second-order valence-corrected chi connectivity index (χ2v) is 8.81. The molecule has 2 aromatic rings. The zero-order valence-electron chi connectivity index (χ0n) is 18.0. The summed E-state index contributed by atoms with van der Waals surface area (Å²) in [5.74, 6) is 0.230. The highest BCUT2D eigenvalue weighted by Gasteiger charge is 2.19. The Kier molecular flexibility index (Phi) is 7.41. The first-order chi connectivity index (χ1) is 15.5. The number of halogens is 1. The fourth-order valence-corrected chi connectivity index (χ4v) is 4.37. The summed E-state index contributed by atoms with van der Waals surface area (Å²) in [6, 6.07) is 7.67. The summed E-state index contributed by atoms with van der Waals surface area (Å²) < 4.78 is 1.41. The van der Waals surface area contributed by atoms with E-state index < -0.39 is 5.69 Å². The summed E-state index contributed by atoms with van der Waals surface area (Å²) in [4.78, 5) is 30.6. The van der Waals surface area contributed by atoms with Crippen LogP contribution in [0, 0.1) is 0 Å². The molecule has 172 valence electrons. The Bertz CT molecular complexity index is 998. The number of carbonyl (C=O) groups excluding carboxylic acids is 1. The van der Waals surface area contributed by atoms with Crippen LogP contribution in [0.1, 0.15) is 31.2 Å². The van der Waals surface area contributed by atoms with Gasteiger partial charge in [-0.3, -0.25) is 9.88 Å². The number of piperazine rings is 1. The minimum absolute atomic E-state index is 0.230.